The van der Waals surface area contributed by atoms with E-state index in [1.807, 2.05) is 18.2 Å². The van der Waals surface area contributed by atoms with E-state index < -0.39 is 0 Å². The molecule has 0 saturated heterocycles. The third-order valence-corrected chi connectivity index (χ3v) is 5.03. The zero-order valence-electron chi connectivity index (χ0n) is 10.2. The number of H-pyrrole nitrogens is 2. The van der Waals surface area contributed by atoms with Gasteiger partial charge in [0, 0.05) is 26.5 Å². The monoisotopic (exact) mass is 337 g/mol. The van der Waals surface area contributed by atoms with Crippen LogP contribution in [0.25, 0.3) is 11.0 Å². The van der Waals surface area contributed by atoms with Gasteiger partial charge in [0.25, 0.3) is 0 Å². The lowest BCUT2D eigenvalue weighted by Gasteiger charge is -2.04. The first kappa shape index (κ1) is 12.5. The summed E-state index contributed by atoms with van der Waals surface area (Å²) in [7, 11) is 0. The summed E-state index contributed by atoms with van der Waals surface area (Å²) in [5.41, 5.74) is 2.46. The van der Waals surface area contributed by atoms with Crippen molar-refractivity contribution in [2.24, 2.45) is 0 Å². The van der Waals surface area contributed by atoms with Gasteiger partial charge in [0.2, 0.25) is 0 Å². The Bertz CT molecular complexity index is 767. The Labute approximate surface area is 122 Å². The lowest BCUT2D eigenvalue weighted by atomic mass is 10.2. The number of imidazole rings is 1. The van der Waals surface area contributed by atoms with Crippen LogP contribution in [0, 0.1) is 6.92 Å². The van der Waals surface area contributed by atoms with Gasteiger partial charge in [-0.25, -0.2) is 4.79 Å². The van der Waals surface area contributed by atoms with Crippen molar-refractivity contribution in [2.75, 3.05) is 5.32 Å². The number of anilines is 1. The summed E-state index contributed by atoms with van der Waals surface area (Å²) in [5, 5.41) is 3.36. The zero-order valence-corrected chi connectivity index (χ0v) is 12.6. The van der Waals surface area contributed by atoms with Crippen molar-refractivity contribution in [3.8, 4) is 0 Å². The van der Waals surface area contributed by atoms with Gasteiger partial charge in [-0.3, -0.25) is 0 Å². The number of fused-ring (bicyclic) bond motifs is 1. The summed E-state index contributed by atoms with van der Waals surface area (Å²) in [4.78, 5) is 19.2. The van der Waals surface area contributed by atoms with Gasteiger partial charge < -0.3 is 15.3 Å². The van der Waals surface area contributed by atoms with E-state index in [1.54, 1.807) is 11.3 Å². The van der Waals surface area contributed by atoms with E-state index >= 15 is 0 Å². The molecule has 0 unspecified atom stereocenters. The summed E-state index contributed by atoms with van der Waals surface area (Å²) in [5.74, 6) is 0. The summed E-state index contributed by atoms with van der Waals surface area (Å²) >= 11 is 5.28. The predicted molar refractivity (Wildman–Crippen MR) is 83.0 cm³/mol. The van der Waals surface area contributed by atoms with Gasteiger partial charge in [0.15, 0.2) is 0 Å². The Morgan fingerprint density at radius 3 is 2.79 bits per heavy atom. The molecule has 0 atom stereocenters. The second kappa shape index (κ2) is 4.86. The van der Waals surface area contributed by atoms with Crippen molar-refractivity contribution in [1.82, 2.24) is 9.97 Å². The first-order chi connectivity index (χ1) is 9.11. The predicted octanol–water partition coefficient (Wildman–Crippen LogP) is 3.60. The second-order valence-electron chi connectivity index (χ2n) is 4.31. The van der Waals surface area contributed by atoms with Crippen LogP contribution in [0.4, 0.5) is 5.69 Å². The molecular formula is C13H12BrN3OS. The van der Waals surface area contributed by atoms with Crippen LogP contribution in [0.2, 0.25) is 0 Å². The minimum atomic E-state index is -0.176. The molecule has 1 aromatic carbocycles. The number of aryl methyl sites for hydroxylation is 1. The molecule has 0 radical (unpaired) electrons. The Morgan fingerprint density at radius 2 is 2.05 bits per heavy atom. The maximum atomic E-state index is 11.2. The van der Waals surface area contributed by atoms with Gasteiger partial charge in [-0.05, 0) is 47.1 Å². The van der Waals surface area contributed by atoms with Crippen molar-refractivity contribution in [3.63, 3.8) is 0 Å². The lowest BCUT2D eigenvalue weighted by Crippen LogP contribution is -1.99. The fourth-order valence-electron chi connectivity index (χ4n) is 1.94. The van der Waals surface area contributed by atoms with Crippen molar-refractivity contribution >= 4 is 44.0 Å². The standard InChI is InChI=1S/C13H12BrN3OS/c1-7-10(14)5-9(19-7)6-15-8-2-3-11-12(4-8)17-13(18)16-11/h2-5,15H,6H2,1H3,(H2,16,17,18). The van der Waals surface area contributed by atoms with Gasteiger partial charge in [-0.15, -0.1) is 11.3 Å². The van der Waals surface area contributed by atoms with Crippen LogP contribution in [0.15, 0.2) is 33.5 Å². The molecule has 0 saturated carbocycles. The van der Waals surface area contributed by atoms with E-state index in [2.05, 4.69) is 44.2 Å². The second-order valence-corrected chi connectivity index (χ2v) is 6.51. The first-order valence-electron chi connectivity index (χ1n) is 5.82. The first-order valence-corrected chi connectivity index (χ1v) is 7.43. The maximum absolute atomic E-state index is 11.2. The lowest BCUT2D eigenvalue weighted by molar-refractivity contribution is 1.19. The van der Waals surface area contributed by atoms with E-state index in [-0.39, 0.29) is 5.69 Å². The molecule has 0 aliphatic heterocycles. The van der Waals surface area contributed by atoms with Crippen LogP contribution in [0.1, 0.15) is 9.75 Å². The molecule has 0 aliphatic rings. The molecule has 98 valence electrons. The summed E-state index contributed by atoms with van der Waals surface area (Å²) in [6.07, 6.45) is 0. The Kier molecular flexibility index (Phi) is 3.20. The highest BCUT2D eigenvalue weighted by Crippen LogP contribution is 2.27. The van der Waals surface area contributed by atoms with E-state index in [0.29, 0.717) is 0 Å². The smallest absolute Gasteiger partial charge is 0.323 e. The Balaban J connectivity index is 1.79. The molecule has 0 bridgehead atoms. The topological polar surface area (TPSA) is 60.7 Å². The Hall–Kier alpha value is -1.53. The zero-order chi connectivity index (χ0) is 13.4. The van der Waals surface area contributed by atoms with Crippen LogP contribution >= 0.6 is 27.3 Å². The number of benzene rings is 1. The maximum Gasteiger partial charge on any atom is 0.323 e. The van der Waals surface area contributed by atoms with Crippen molar-refractivity contribution in [1.29, 1.82) is 0 Å². The third-order valence-electron chi connectivity index (χ3n) is 2.89. The van der Waals surface area contributed by atoms with Gasteiger partial charge in [-0.1, -0.05) is 0 Å². The molecular weight excluding hydrogens is 326 g/mol. The van der Waals surface area contributed by atoms with Crippen molar-refractivity contribution < 1.29 is 0 Å². The SMILES string of the molecule is Cc1sc(CNc2ccc3[nH]c(=O)[nH]c3c2)cc1Br. The van der Waals surface area contributed by atoms with Gasteiger partial charge >= 0.3 is 5.69 Å². The molecule has 0 amide bonds. The number of thiophene rings is 1. The fourth-order valence-corrected chi connectivity index (χ4v) is 3.48. The molecule has 2 aromatic heterocycles. The third kappa shape index (κ3) is 2.59. The number of hydrogen-bond acceptors (Lipinski definition) is 3. The highest BCUT2D eigenvalue weighted by molar-refractivity contribution is 9.10. The number of rotatable bonds is 3. The molecule has 3 aromatic rings. The quantitative estimate of drug-likeness (QED) is 0.683. The molecule has 3 rings (SSSR count). The fraction of sp³-hybridized carbons (Fsp3) is 0.154. The minimum absolute atomic E-state index is 0.176. The number of hydrogen-bond donors (Lipinski definition) is 3. The van der Waals surface area contributed by atoms with Crippen LogP contribution in [-0.4, -0.2) is 9.97 Å². The minimum Gasteiger partial charge on any atom is -0.380 e. The van der Waals surface area contributed by atoms with Crippen molar-refractivity contribution in [2.45, 2.75) is 13.5 Å². The van der Waals surface area contributed by atoms with Gasteiger partial charge in [-0.2, -0.15) is 0 Å². The van der Waals surface area contributed by atoms with Gasteiger partial charge in [0.1, 0.15) is 0 Å². The van der Waals surface area contributed by atoms with E-state index in [0.717, 1.165) is 27.7 Å². The number of aromatic amines is 2. The normalized spacial score (nSPS) is 11.1. The molecule has 2 heterocycles. The number of aromatic nitrogens is 2. The molecule has 3 N–H and O–H groups in total. The average molecular weight is 338 g/mol. The van der Waals surface area contributed by atoms with E-state index in [4.69, 9.17) is 0 Å². The Morgan fingerprint density at radius 1 is 1.26 bits per heavy atom. The summed E-state index contributed by atoms with van der Waals surface area (Å²) in [6, 6.07) is 7.92. The number of halogens is 1. The molecule has 4 nitrogen and oxygen atoms in total. The molecule has 0 aliphatic carbocycles. The summed E-state index contributed by atoms with van der Waals surface area (Å²) < 4.78 is 1.15. The van der Waals surface area contributed by atoms with E-state index in [9.17, 15) is 4.79 Å². The largest absolute Gasteiger partial charge is 0.380 e. The van der Waals surface area contributed by atoms with Crippen LogP contribution < -0.4 is 11.0 Å². The molecule has 6 heteroatoms. The van der Waals surface area contributed by atoms with Crippen LogP contribution in [0.3, 0.4) is 0 Å². The molecule has 0 spiro atoms. The van der Waals surface area contributed by atoms with E-state index in [1.165, 1.54) is 9.75 Å². The highest BCUT2D eigenvalue weighted by Gasteiger charge is 2.03. The van der Waals surface area contributed by atoms with Gasteiger partial charge in [0.05, 0.1) is 11.0 Å². The summed E-state index contributed by atoms with van der Waals surface area (Å²) in [6.45, 7) is 2.87. The molecule has 0 fully saturated rings. The highest BCUT2D eigenvalue weighted by atomic mass is 79.9. The molecule has 19 heavy (non-hydrogen) atoms. The van der Waals surface area contributed by atoms with Crippen LogP contribution in [-0.2, 0) is 6.54 Å². The number of nitrogens with one attached hydrogen (secondary N) is 3. The van der Waals surface area contributed by atoms with Crippen molar-refractivity contribution in [3.05, 3.63) is 49.0 Å². The average Bonchev–Trinajstić information content (AvgIpc) is 2.88. The van der Waals surface area contributed by atoms with Crippen LogP contribution in [0.5, 0.6) is 0 Å².